The topological polar surface area (TPSA) is 29.5 Å². The molecule has 0 aliphatic heterocycles. The van der Waals surface area contributed by atoms with Gasteiger partial charge in [-0.2, -0.15) is 26.3 Å². The molecule has 1 unspecified atom stereocenters. The number of benzene rings is 2. The van der Waals surface area contributed by atoms with E-state index < -0.39 is 29.8 Å². The summed E-state index contributed by atoms with van der Waals surface area (Å²) >= 11 is 0. The summed E-state index contributed by atoms with van der Waals surface area (Å²) in [5.74, 6) is 0. The summed E-state index contributed by atoms with van der Waals surface area (Å²) in [6, 6.07) is 8.03. The predicted octanol–water partition coefficient (Wildman–Crippen LogP) is 4.93. The van der Waals surface area contributed by atoms with Crippen LogP contribution in [0.5, 0.6) is 0 Å². The second kappa shape index (κ2) is 6.82. The third-order valence-electron chi connectivity index (χ3n) is 3.19. The lowest BCUT2D eigenvalue weighted by atomic mass is 10.1. The van der Waals surface area contributed by atoms with Crippen LogP contribution in [0.2, 0.25) is 0 Å². The molecule has 2 aromatic rings. The minimum atomic E-state index is -4.55. The van der Waals surface area contributed by atoms with Gasteiger partial charge in [-0.15, -0.1) is 0 Å². The molecule has 0 aliphatic carbocycles. The highest BCUT2D eigenvalue weighted by molar-refractivity contribution is 5.27. The predicted molar refractivity (Wildman–Crippen MR) is 72.6 cm³/mol. The van der Waals surface area contributed by atoms with Crippen LogP contribution in [-0.2, 0) is 23.7 Å². The zero-order chi connectivity index (χ0) is 18.0. The van der Waals surface area contributed by atoms with Crippen molar-refractivity contribution in [3.8, 4) is 0 Å². The minimum absolute atomic E-state index is 0.100. The Bertz CT molecular complexity index is 676. The molecule has 2 rings (SSSR count). The number of rotatable bonds is 4. The quantitative estimate of drug-likeness (QED) is 0.626. The third-order valence-corrected chi connectivity index (χ3v) is 3.19. The summed E-state index contributed by atoms with van der Waals surface area (Å²) in [5, 5.41) is 9.79. The lowest BCUT2D eigenvalue weighted by Crippen LogP contribution is -2.09. The average Bonchev–Trinajstić information content (AvgIpc) is 2.51. The molecule has 0 fully saturated rings. The van der Waals surface area contributed by atoms with Crippen LogP contribution in [0.25, 0.3) is 0 Å². The molecule has 1 N–H and O–H groups in total. The number of aliphatic hydroxyl groups excluding tert-OH is 1. The smallest absolute Gasteiger partial charge is 0.364 e. The normalized spacial score (nSPS) is 13.8. The molecule has 0 bridgehead atoms. The van der Waals surface area contributed by atoms with Gasteiger partial charge in [0.2, 0.25) is 0 Å². The van der Waals surface area contributed by atoms with Gasteiger partial charge in [0.05, 0.1) is 17.7 Å². The molecule has 0 saturated carbocycles. The molecule has 0 aliphatic rings. The first kappa shape index (κ1) is 18.3. The van der Waals surface area contributed by atoms with Crippen LogP contribution in [0.1, 0.15) is 28.5 Å². The van der Waals surface area contributed by atoms with Crippen LogP contribution in [0, 0.1) is 0 Å². The molecule has 0 saturated heterocycles. The van der Waals surface area contributed by atoms with Crippen molar-refractivity contribution in [2.45, 2.75) is 25.2 Å². The highest BCUT2D eigenvalue weighted by Crippen LogP contribution is 2.31. The van der Waals surface area contributed by atoms with Crippen molar-refractivity contribution in [2.24, 2.45) is 0 Å². The van der Waals surface area contributed by atoms with Gasteiger partial charge in [-0.1, -0.05) is 24.3 Å². The van der Waals surface area contributed by atoms with E-state index in [1.807, 2.05) is 0 Å². The van der Waals surface area contributed by atoms with Crippen molar-refractivity contribution >= 4 is 0 Å². The Morgan fingerprint density at radius 1 is 0.833 bits per heavy atom. The molecule has 2 nitrogen and oxygen atoms in total. The van der Waals surface area contributed by atoms with Crippen molar-refractivity contribution in [3.63, 3.8) is 0 Å². The summed E-state index contributed by atoms with van der Waals surface area (Å²) in [7, 11) is 0. The van der Waals surface area contributed by atoms with E-state index in [9.17, 15) is 31.4 Å². The molecule has 0 heterocycles. The van der Waals surface area contributed by atoms with Crippen molar-refractivity contribution in [1.29, 1.82) is 0 Å². The van der Waals surface area contributed by atoms with Crippen LogP contribution >= 0.6 is 0 Å². The lowest BCUT2D eigenvalue weighted by Gasteiger charge is -2.15. The number of aliphatic hydroxyl groups is 1. The van der Waals surface area contributed by atoms with E-state index in [1.54, 1.807) is 0 Å². The number of ether oxygens (including phenoxy) is 1. The van der Waals surface area contributed by atoms with Crippen molar-refractivity contribution in [1.82, 2.24) is 0 Å². The fourth-order valence-corrected chi connectivity index (χ4v) is 1.93. The van der Waals surface area contributed by atoms with Gasteiger partial charge >= 0.3 is 12.4 Å². The molecule has 1 atom stereocenters. The van der Waals surface area contributed by atoms with E-state index >= 15 is 0 Å². The van der Waals surface area contributed by atoms with E-state index in [1.165, 1.54) is 18.2 Å². The Kier molecular flexibility index (Phi) is 5.19. The van der Waals surface area contributed by atoms with Gasteiger partial charge in [0.25, 0.3) is 0 Å². The zero-order valence-corrected chi connectivity index (χ0v) is 12.0. The van der Waals surface area contributed by atoms with Gasteiger partial charge in [0.15, 0.2) is 6.29 Å². The van der Waals surface area contributed by atoms with E-state index in [0.717, 1.165) is 30.3 Å². The maximum Gasteiger partial charge on any atom is 0.416 e. The number of alkyl halides is 6. The Morgan fingerprint density at radius 3 is 1.96 bits per heavy atom. The minimum Gasteiger partial charge on any atom is -0.364 e. The summed E-state index contributed by atoms with van der Waals surface area (Å²) in [4.78, 5) is 0. The zero-order valence-electron chi connectivity index (χ0n) is 12.0. The van der Waals surface area contributed by atoms with Gasteiger partial charge in [0.1, 0.15) is 0 Å². The average molecular weight is 350 g/mol. The van der Waals surface area contributed by atoms with Crippen molar-refractivity contribution in [2.75, 3.05) is 0 Å². The summed E-state index contributed by atoms with van der Waals surface area (Å²) < 4.78 is 80.1. The Hall–Kier alpha value is -2.06. The summed E-state index contributed by atoms with van der Waals surface area (Å²) in [5.41, 5.74) is -1.52. The van der Waals surface area contributed by atoms with E-state index in [4.69, 9.17) is 4.74 Å². The number of halogens is 6. The maximum atomic E-state index is 12.6. The Morgan fingerprint density at radius 2 is 1.42 bits per heavy atom. The maximum absolute atomic E-state index is 12.6. The number of hydrogen-bond acceptors (Lipinski definition) is 2. The van der Waals surface area contributed by atoms with Crippen LogP contribution in [0.4, 0.5) is 26.3 Å². The largest absolute Gasteiger partial charge is 0.416 e. The first-order valence-corrected chi connectivity index (χ1v) is 6.70. The van der Waals surface area contributed by atoms with Crippen molar-refractivity contribution in [3.05, 3.63) is 70.8 Å². The van der Waals surface area contributed by atoms with Crippen LogP contribution in [-0.4, -0.2) is 5.11 Å². The van der Waals surface area contributed by atoms with E-state index in [2.05, 4.69) is 0 Å². The van der Waals surface area contributed by atoms with E-state index in [-0.39, 0.29) is 12.2 Å². The molecule has 0 amide bonds. The fourth-order valence-electron chi connectivity index (χ4n) is 1.93. The van der Waals surface area contributed by atoms with E-state index in [0.29, 0.717) is 5.56 Å². The molecule has 8 heteroatoms. The molecule has 2 aromatic carbocycles. The van der Waals surface area contributed by atoms with Crippen LogP contribution < -0.4 is 0 Å². The molecular formula is C16H12F6O2. The lowest BCUT2D eigenvalue weighted by molar-refractivity contribution is -0.139. The molecule has 0 radical (unpaired) electrons. The van der Waals surface area contributed by atoms with Gasteiger partial charge in [-0.25, -0.2) is 0 Å². The van der Waals surface area contributed by atoms with Gasteiger partial charge in [-0.05, 0) is 29.8 Å². The van der Waals surface area contributed by atoms with Gasteiger partial charge < -0.3 is 9.84 Å². The third kappa shape index (κ3) is 4.72. The Labute approximate surface area is 133 Å². The highest BCUT2D eigenvalue weighted by Gasteiger charge is 2.31. The number of hydrogen-bond donors (Lipinski definition) is 1. The van der Waals surface area contributed by atoms with Gasteiger partial charge in [-0.3, -0.25) is 0 Å². The fraction of sp³-hybridized carbons (Fsp3) is 0.250. The first-order chi connectivity index (χ1) is 11.1. The molecule has 0 aromatic heterocycles. The second-order valence-corrected chi connectivity index (χ2v) is 4.98. The van der Waals surface area contributed by atoms with Crippen LogP contribution in [0.15, 0.2) is 48.5 Å². The molecule has 0 spiro atoms. The summed E-state index contributed by atoms with van der Waals surface area (Å²) in [6.45, 7) is -0.254. The SMILES string of the molecule is OC(OCc1ccc(C(F)(F)F)cc1)c1cccc(C(F)(F)F)c1. The summed E-state index contributed by atoms with van der Waals surface area (Å²) in [6.07, 6.45) is -10.6. The van der Waals surface area contributed by atoms with Gasteiger partial charge in [0, 0.05) is 5.56 Å². The molecular weight excluding hydrogens is 338 g/mol. The standard InChI is InChI=1S/C16H12F6O2/c17-15(18,19)12-6-4-10(5-7-12)9-24-14(23)11-2-1-3-13(8-11)16(20,21)22/h1-8,14,23H,9H2. The highest BCUT2D eigenvalue weighted by atomic mass is 19.4. The first-order valence-electron chi connectivity index (χ1n) is 6.70. The van der Waals surface area contributed by atoms with Crippen LogP contribution in [0.3, 0.4) is 0 Å². The Balaban J connectivity index is 2.02. The van der Waals surface area contributed by atoms with Crippen molar-refractivity contribution < 1.29 is 36.2 Å². The monoisotopic (exact) mass is 350 g/mol. The molecule has 24 heavy (non-hydrogen) atoms. The molecule has 130 valence electrons. The second-order valence-electron chi connectivity index (χ2n) is 4.98.